The van der Waals surface area contributed by atoms with Crippen molar-refractivity contribution in [3.8, 4) is 0 Å². The molecule has 0 saturated heterocycles. The molecule has 0 bridgehead atoms. The standard InChI is InChI=1S/C19H33FO4.Na.H/c1-3-5-6-7-8-9-10-11-12-13-16-23-18(21)14-15-19(22)24-17(20)4-2;;/h4,17H,2-3,5-16H2,1H3;;/q;+1;-1. The van der Waals surface area contributed by atoms with Crippen molar-refractivity contribution in [2.75, 3.05) is 6.61 Å². The number of carbonyl (C=O) groups is 2. The van der Waals surface area contributed by atoms with Crippen molar-refractivity contribution in [2.45, 2.75) is 90.3 Å². The molecule has 0 aliphatic heterocycles. The Morgan fingerprint density at radius 2 is 1.44 bits per heavy atom. The minimum absolute atomic E-state index is 0. The van der Waals surface area contributed by atoms with Crippen molar-refractivity contribution in [1.82, 2.24) is 0 Å². The predicted octanol–water partition coefficient (Wildman–Crippen LogP) is 2.37. The average Bonchev–Trinajstić information content (AvgIpc) is 2.57. The summed E-state index contributed by atoms with van der Waals surface area (Å²) in [4.78, 5) is 22.6. The zero-order chi connectivity index (χ0) is 18.0. The van der Waals surface area contributed by atoms with Gasteiger partial charge in [0, 0.05) is 0 Å². The Bertz CT molecular complexity index is 356. The maximum absolute atomic E-state index is 12.7. The number of unbranched alkanes of at least 4 members (excludes halogenated alkanes) is 9. The molecular weight excluding hydrogens is 334 g/mol. The molecule has 4 nitrogen and oxygen atoms in total. The Kier molecular flexibility index (Phi) is 21.4. The number of rotatable bonds is 16. The van der Waals surface area contributed by atoms with E-state index in [2.05, 4.69) is 18.2 Å². The molecule has 0 aromatic rings. The first kappa shape index (κ1) is 26.8. The Labute approximate surface area is 175 Å². The minimum atomic E-state index is -1.82. The molecule has 1 unspecified atom stereocenters. The van der Waals surface area contributed by atoms with Gasteiger partial charge in [-0.05, 0) is 12.5 Å². The Morgan fingerprint density at radius 1 is 0.960 bits per heavy atom. The predicted molar refractivity (Wildman–Crippen MR) is 94.3 cm³/mol. The Balaban J connectivity index is -0.00000264. The van der Waals surface area contributed by atoms with Gasteiger partial charge in [-0.25, -0.2) is 0 Å². The molecule has 1 atom stereocenters. The van der Waals surface area contributed by atoms with Crippen molar-refractivity contribution in [3.63, 3.8) is 0 Å². The third-order valence-electron chi connectivity index (χ3n) is 3.72. The summed E-state index contributed by atoms with van der Waals surface area (Å²) in [6.45, 7) is 5.76. The van der Waals surface area contributed by atoms with E-state index in [1.165, 1.54) is 44.9 Å². The van der Waals surface area contributed by atoms with Gasteiger partial charge in [-0.2, -0.15) is 4.39 Å². The molecule has 0 aromatic carbocycles. The van der Waals surface area contributed by atoms with Crippen molar-refractivity contribution >= 4 is 11.9 Å². The molecule has 0 aromatic heterocycles. The molecule has 0 aliphatic carbocycles. The van der Waals surface area contributed by atoms with E-state index in [9.17, 15) is 14.0 Å². The van der Waals surface area contributed by atoms with E-state index >= 15 is 0 Å². The monoisotopic (exact) mass is 368 g/mol. The van der Waals surface area contributed by atoms with Crippen molar-refractivity contribution in [1.29, 1.82) is 0 Å². The van der Waals surface area contributed by atoms with Gasteiger partial charge < -0.3 is 10.9 Å². The smallest absolute Gasteiger partial charge is 1.00 e. The molecule has 6 heteroatoms. The van der Waals surface area contributed by atoms with Crippen molar-refractivity contribution in [3.05, 3.63) is 12.7 Å². The summed E-state index contributed by atoms with van der Waals surface area (Å²) in [6, 6.07) is 0. The summed E-state index contributed by atoms with van der Waals surface area (Å²) in [5.41, 5.74) is 0. The number of carbonyl (C=O) groups excluding carboxylic acids is 2. The Morgan fingerprint density at radius 3 is 1.96 bits per heavy atom. The van der Waals surface area contributed by atoms with Crippen molar-refractivity contribution in [2.24, 2.45) is 0 Å². The number of hydrogen-bond donors (Lipinski definition) is 0. The largest absolute Gasteiger partial charge is 1.00 e. The van der Waals surface area contributed by atoms with Gasteiger partial charge in [-0.1, -0.05) is 71.3 Å². The topological polar surface area (TPSA) is 52.6 Å². The van der Waals surface area contributed by atoms with E-state index in [1.807, 2.05) is 0 Å². The number of hydrogen-bond acceptors (Lipinski definition) is 4. The third kappa shape index (κ3) is 19.8. The second kappa shape index (κ2) is 19.9. The number of alkyl halides is 1. The zero-order valence-corrected chi connectivity index (χ0v) is 18.1. The first-order valence-electron chi connectivity index (χ1n) is 9.21. The molecule has 0 rings (SSSR count). The summed E-state index contributed by atoms with van der Waals surface area (Å²) in [7, 11) is 0. The Hall–Kier alpha value is -0.390. The van der Waals surface area contributed by atoms with Crippen LogP contribution in [0.3, 0.4) is 0 Å². The van der Waals surface area contributed by atoms with Crippen LogP contribution >= 0.6 is 0 Å². The van der Waals surface area contributed by atoms with Gasteiger partial charge in [0.05, 0.1) is 19.4 Å². The fourth-order valence-electron chi connectivity index (χ4n) is 2.28. The fraction of sp³-hybridized carbons (Fsp3) is 0.789. The summed E-state index contributed by atoms with van der Waals surface area (Å²) in [5, 5.41) is 0. The normalized spacial score (nSPS) is 11.3. The van der Waals surface area contributed by atoms with Gasteiger partial charge in [-0.3, -0.25) is 9.59 Å². The van der Waals surface area contributed by atoms with Crippen LogP contribution in [0.15, 0.2) is 12.7 Å². The van der Waals surface area contributed by atoms with Gasteiger partial charge in [0.1, 0.15) is 0 Å². The zero-order valence-electron chi connectivity index (χ0n) is 17.1. The molecular formula is C19H34FNaO4. The SMILES string of the molecule is C=CC(F)OC(=O)CCC(=O)OCCCCCCCCCCCC.[H-].[Na+]. The van der Waals surface area contributed by atoms with Crippen LogP contribution in [-0.4, -0.2) is 24.9 Å². The summed E-state index contributed by atoms with van der Waals surface area (Å²) >= 11 is 0. The summed E-state index contributed by atoms with van der Waals surface area (Å²) < 4.78 is 22.0. The van der Waals surface area contributed by atoms with E-state index in [0.29, 0.717) is 6.61 Å². The molecule has 0 N–H and O–H groups in total. The van der Waals surface area contributed by atoms with Crippen LogP contribution in [0.25, 0.3) is 0 Å². The molecule has 0 saturated carbocycles. The molecule has 0 spiro atoms. The molecule has 25 heavy (non-hydrogen) atoms. The first-order valence-corrected chi connectivity index (χ1v) is 9.21. The number of halogens is 1. The summed E-state index contributed by atoms with van der Waals surface area (Å²) in [5.74, 6) is -1.21. The van der Waals surface area contributed by atoms with Gasteiger partial charge in [0.25, 0.3) is 6.36 Å². The van der Waals surface area contributed by atoms with Crippen LogP contribution in [0.5, 0.6) is 0 Å². The van der Waals surface area contributed by atoms with Crippen LogP contribution < -0.4 is 29.6 Å². The van der Waals surface area contributed by atoms with E-state index in [4.69, 9.17) is 4.74 Å². The summed E-state index contributed by atoms with van der Waals surface area (Å²) in [6.07, 6.45) is 11.0. The molecule has 0 amide bonds. The molecule has 0 heterocycles. The molecule has 0 aliphatic rings. The maximum atomic E-state index is 12.7. The second-order valence-corrected chi connectivity index (χ2v) is 5.98. The number of esters is 2. The van der Waals surface area contributed by atoms with E-state index < -0.39 is 18.3 Å². The van der Waals surface area contributed by atoms with Crippen LogP contribution in [0.4, 0.5) is 4.39 Å². The van der Waals surface area contributed by atoms with Crippen LogP contribution in [0.2, 0.25) is 0 Å². The molecule has 0 fully saturated rings. The van der Waals surface area contributed by atoms with Crippen LogP contribution in [-0.2, 0) is 19.1 Å². The van der Waals surface area contributed by atoms with E-state index in [-0.39, 0.29) is 43.8 Å². The molecule has 0 radical (unpaired) electrons. The van der Waals surface area contributed by atoms with Crippen LogP contribution in [0, 0.1) is 0 Å². The van der Waals surface area contributed by atoms with Gasteiger partial charge in [0.2, 0.25) is 0 Å². The number of ether oxygens (including phenoxy) is 2. The fourth-order valence-corrected chi connectivity index (χ4v) is 2.28. The minimum Gasteiger partial charge on any atom is -1.00 e. The molecule has 142 valence electrons. The van der Waals surface area contributed by atoms with Gasteiger partial charge in [0.15, 0.2) is 0 Å². The van der Waals surface area contributed by atoms with Gasteiger partial charge in [-0.15, -0.1) is 0 Å². The van der Waals surface area contributed by atoms with Crippen LogP contribution in [0.1, 0.15) is 85.4 Å². The maximum Gasteiger partial charge on any atom is 1.00 e. The first-order chi connectivity index (χ1) is 11.6. The van der Waals surface area contributed by atoms with E-state index in [0.717, 1.165) is 25.3 Å². The van der Waals surface area contributed by atoms with Crippen molar-refractivity contribution < 1.29 is 54.4 Å². The van der Waals surface area contributed by atoms with Gasteiger partial charge >= 0.3 is 41.5 Å². The third-order valence-corrected chi connectivity index (χ3v) is 3.72. The quantitative estimate of drug-likeness (QED) is 0.182. The average molecular weight is 368 g/mol. The van der Waals surface area contributed by atoms with E-state index in [1.54, 1.807) is 0 Å². The second-order valence-electron chi connectivity index (χ2n) is 5.98.